The zero-order valence-electron chi connectivity index (χ0n) is 12.3. The molecule has 0 unspecified atom stereocenters. The second kappa shape index (κ2) is 5.29. The molecule has 2 atom stereocenters. The fraction of sp³-hybridized carbons (Fsp3) is 0.625. The molecular formula is C16H20F3NO. The molecule has 1 fully saturated rings. The van der Waals surface area contributed by atoms with Gasteiger partial charge in [0.05, 0.1) is 18.3 Å². The summed E-state index contributed by atoms with van der Waals surface area (Å²) in [5.41, 5.74) is 0.616. The van der Waals surface area contributed by atoms with Crippen LogP contribution in [0.1, 0.15) is 36.5 Å². The molecule has 2 nitrogen and oxygen atoms in total. The summed E-state index contributed by atoms with van der Waals surface area (Å²) < 4.78 is 45.0. The highest BCUT2D eigenvalue weighted by Gasteiger charge is 2.42. The Balaban J connectivity index is 1.90. The third kappa shape index (κ3) is 2.81. The highest BCUT2D eigenvalue weighted by atomic mass is 19.4. The predicted octanol–water partition coefficient (Wildman–Crippen LogP) is 3.66. The van der Waals surface area contributed by atoms with Crippen molar-refractivity contribution in [1.29, 1.82) is 0 Å². The average Bonchev–Trinajstić information content (AvgIpc) is 2.78. The number of benzene rings is 1. The second-order valence-electron chi connectivity index (χ2n) is 6.44. The zero-order valence-corrected chi connectivity index (χ0v) is 12.3. The molecule has 1 aromatic carbocycles. The lowest BCUT2D eigenvalue weighted by Crippen LogP contribution is -2.29. The van der Waals surface area contributed by atoms with E-state index in [1.807, 2.05) is 6.07 Å². The van der Waals surface area contributed by atoms with Crippen LogP contribution in [0.4, 0.5) is 13.2 Å². The molecular weight excluding hydrogens is 279 g/mol. The molecule has 2 heterocycles. The van der Waals surface area contributed by atoms with Gasteiger partial charge in [-0.05, 0) is 23.1 Å². The smallest absolute Gasteiger partial charge is 0.371 e. The van der Waals surface area contributed by atoms with E-state index in [0.29, 0.717) is 11.5 Å². The van der Waals surface area contributed by atoms with Gasteiger partial charge in [0.15, 0.2) is 0 Å². The molecule has 3 rings (SSSR count). The van der Waals surface area contributed by atoms with Crippen molar-refractivity contribution in [3.05, 3.63) is 34.9 Å². The largest absolute Gasteiger partial charge is 0.416 e. The monoisotopic (exact) mass is 299 g/mol. The number of nitrogens with zero attached hydrogens (tertiary/aromatic N) is 1. The first kappa shape index (κ1) is 14.9. The van der Waals surface area contributed by atoms with E-state index in [1.165, 1.54) is 6.07 Å². The summed E-state index contributed by atoms with van der Waals surface area (Å²) in [7, 11) is 0. The van der Waals surface area contributed by atoms with Crippen LogP contribution in [0.5, 0.6) is 0 Å². The van der Waals surface area contributed by atoms with Crippen LogP contribution >= 0.6 is 0 Å². The van der Waals surface area contributed by atoms with Crippen LogP contribution < -0.4 is 0 Å². The number of hydrogen-bond acceptors (Lipinski definition) is 2. The maximum absolute atomic E-state index is 13.1. The fourth-order valence-corrected chi connectivity index (χ4v) is 3.55. The lowest BCUT2D eigenvalue weighted by Gasteiger charge is -2.29. The Morgan fingerprint density at radius 2 is 2.05 bits per heavy atom. The summed E-state index contributed by atoms with van der Waals surface area (Å²) in [5.74, 6) is 0.612. The van der Waals surface area contributed by atoms with E-state index >= 15 is 0 Å². The van der Waals surface area contributed by atoms with E-state index in [9.17, 15) is 13.2 Å². The standard InChI is InChI=1S/C16H20F3NO/c1-10(2)6-20-7-12-11-4-3-5-14(16(17,18)19)13(11)9-21-15(12)8-20/h3-5,10,12,15H,6-9H2,1-2H3/t12-,15-/m1/s1. The van der Waals surface area contributed by atoms with Gasteiger partial charge in [-0.3, -0.25) is 4.90 Å². The van der Waals surface area contributed by atoms with Crippen molar-refractivity contribution >= 4 is 0 Å². The van der Waals surface area contributed by atoms with Crippen molar-refractivity contribution in [3.8, 4) is 0 Å². The van der Waals surface area contributed by atoms with Crippen LogP contribution in [0.15, 0.2) is 18.2 Å². The topological polar surface area (TPSA) is 12.5 Å². The summed E-state index contributed by atoms with van der Waals surface area (Å²) in [5, 5.41) is 0. The van der Waals surface area contributed by atoms with E-state index in [-0.39, 0.29) is 18.6 Å². The van der Waals surface area contributed by atoms with Gasteiger partial charge in [0.2, 0.25) is 0 Å². The quantitative estimate of drug-likeness (QED) is 0.826. The molecule has 5 heteroatoms. The summed E-state index contributed by atoms with van der Waals surface area (Å²) in [6.07, 6.45) is -4.28. The Bertz CT molecular complexity index is 527. The first-order valence-corrected chi connectivity index (χ1v) is 7.39. The van der Waals surface area contributed by atoms with E-state index in [4.69, 9.17) is 4.74 Å². The summed E-state index contributed by atoms with van der Waals surface area (Å²) >= 11 is 0. The van der Waals surface area contributed by atoms with Gasteiger partial charge in [-0.15, -0.1) is 0 Å². The van der Waals surface area contributed by atoms with Crippen molar-refractivity contribution in [2.75, 3.05) is 19.6 Å². The molecule has 0 aromatic heterocycles. The van der Waals surface area contributed by atoms with Crippen molar-refractivity contribution in [2.45, 2.75) is 38.7 Å². The van der Waals surface area contributed by atoms with Gasteiger partial charge in [-0.25, -0.2) is 0 Å². The number of rotatable bonds is 2. The van der Waals surface area contributed by atoms with Crippen LogP contribution in [0.2, 0.25) is 0 Å². The molecule has 1 aromatic rings. The Hall–Kier alpha value is -1.07. The summed E-state index contributed by atoms with van der Waals surface area (Å²) in [4.78, 5) is 2.30. The predicted molar refractivity (Wildman–Crippen MR) is 74.0 cm³/mol. The third-order valence-corrected chi connectivity index (χ3v) is 4.32. The first-order chi connectivity index (χ1) is 9.86. The van der Waals surface area contributed by atoms with Crippen molar-refractivity contribution in [2.24, 2.45) is 5.92 Å². The Labute approximate surface area is 122 Å². The van der Waals surface area contributed by atoms with Gasteiger partial charge in [0, 0.05) is 25.6 Å². The molecule has 0 bridgehead atoms. The molecule has 116 valence electrons. The molecule has 0 N–H and O–H groups in total. The Morgan fingerprint density at radius 1 is 1.29 bits per heavy atom. The van der Waals surface area contributed by atoms with Crippen molar-refractivity contribution < 1.29 is 17.9 Å². The third-order valence-electron chi connectivity index (χ3n) is 4.32. The molecule has 21 heavy (non-hydrogen) atoms. The van der Waals surface area contributed by atoms with Crippen LogP contribution in [-0.2, 0) is 17.5 Å². The maximum atomic E-state index is 13.1. The lowest BCUT2D eigenvalue weighted by atomic mass is 9.87. The van der Waals surface area contributed by atoms with Crippen LogP contribution in [-0.4, -0.2) is 30.6 Å². The fourth-order valence-electron chi connectivity index (χ4n) is 3.55. The summed E-state index contributed by atoms with van der Waals surface area (Å²) in [6.45, 7) is 6.94. The number of alkyl halides is 3. The second-order valence-corrected chi connectivity index (χ2v) is 6.44. The van der Waals surface area contributed by atoms with E-state index in [2.05, 4.69) is 18.7 Å². The van der Waals surface area contributed by atoms with E-state index < -0.39 is 11.7 Å². The van der Waals surface area contributed by atoms with Crippen LogP contribution in [0.3, 0.4) is 0 Å². The number of likely N-dealkylation sites (tertiary alicyclic amines) is 1. The highest BCUT2D eigenvalue weighted by Crippen LogP contribution is 2.42. The van der Waals surface area contributed by atoms with Gasteiger partial charge in [-0.2, -0.15) is 13.2 Å². The molecule has 0 aliphatic carbocycles. The Morgan fingerprint density at radius 3 is 2.71 bits per heavy atom. The number of halogens is 3. The first-order valence-electron chi connectivity index (χ1n) is 7.39. The van der Waals surface area contributed by atoms with Gasteiger partial charge in [-0.1, -0.05) is 26.0 Å². The van der Waals surface area contributed by atoms with E-state index in [1.54, 1.807) is 0 Å². The molecule has 1 saturated heterocycles. The minimum Gasteiger partial charge on any atom is -0.371 e. The molecule has 0 saturated carbocycles. The van der Waals surface area contributed by atoms with Crippen LogP contribution in [0, 0.1) is 5.92 Å². The summed E-state index contributed by atoms with van der Waals surface area (Å²) in [6, 6.07) is 4.52. The lowest BCUT2D eigenvalue weighted by molar-refractivity contribution is -0.139. The SMILES string of the molecule is CC(C)CN1C[C@@H]2c3cccc(C(F)(F)F)c3CO[C@@H]2C1. The minimum absolute atomic E-state index is 0.0275. The molecule has 0 radical (unpaired) electrons. The number of fused-ring (bicyclic) bond motifs is 3. The van der Waals surface area contributed by atoms with Gasteiger partial charge >= 0.3 is 6.18 Å². The minimum atomic E-state index is -4.31. The number of hydrogen-bond donors (Lipinski definition) is 0. The van der Waals surface area contributed by atoms with Gasteiger partial charge in [0.1, 0.15) is 0 Å². The highest BCUT2D eigenvalue weighted by molar-refractivity contribution is 5.41. The zero-order chi connectivity index (χ0) is 15.2. The average molecular weight is 299 g/mol. The van der Waals surface area contributed by atoms with Crippen LogP contribution in [0.25, 0.3) is 0 Å². The molecule has 0 spiro atoms. The molecule has 0 amide bonds. The molecule has 2 aliphatic heterocycles. The van der Waals surface area contributed by atoms with E-state index in [0.717, 1.165) is 31.3 Å². The Kier molecular flexibility index (Phi) is 3.74. The maximum Gasteiger partial charge on any atom is 0.416 e. The van der Waals surface area contributed by atoms with Gasteiger partial charge in [0.25, 0.3) is 0 Å². The van der Waals surface area contributed by atoms with Crippen molar-refractivity contribution in [1.82, 2.24) is 4.90 Å². The molecule has 2 aliphatic rings. The van der Waals surface area contributed by atoms with Crippen molar-refractivity contribution in [3.63, 3.8) is 0 Å². The number of ether oxygens (including phenoxy) is 1. The normalized spacial score (nSPS) is 26.0. The van der Waals surface area contributed by atoms with Gasteiger partial charge < -0.3 is 4.74 Å².